The van der Waals surface area contributed by atoms with Crippen molar-refractivity contribution in [2.45, 2.75) is 86.4 Å². The van der Waals surface area contributed by atoms with E-state index >= 15 is 0 Å². The Bertz CT molecular complexity index is 886. The van der Waals surface area contributed by atoms with E-state index < -0.39 is 11.9 Å². The number of hydrogen-bond acceptors (Lipinski definition) is 9. The quantitative estimate of drug-likeness (QED) is 0.0955. The van der Waals surface area contributed by atoms with Gasteiger partial charge in [-0.15, -0.1) is 0 Å². The minimum Gasteiger partial charge on any atom is -0.353 e. The van der Waals surface area contributed by atoms with Gasteiger partial charge in [-0.05, 0) is 45.6 Å². The molecule has 2 rings (SSSR count). The second-order valence-corrected chi connectivity index (χ2v) is 11.6. The molecule has 0 saturated heterocycles. The third-order valence-corrected chi connectivity index (χ3v) is 8.57. The summed E-state index contributed by atoms with van der Waals surface area (Å²) in [6, 6.07) is -1.21. The largest absolute Gasteiger partial charge is 0.353 e. The Balaban J connectivity index is 1.90. The number of nitrogens with one attached hydrogen (secondary N) is 3. The first-order valence-electron chi connectivity index (χ1n) is 13.7. The summed E-state index contributed by atoms with van der Waals surface area (Å²) in [6.07, 6.45) is 7.09. The summed E-state index contributed by atoms with van der Waals surface area (Å²) in [4.78, 5) is 64.8. The SMILES string of the molecule is CNCCNC(=O)C(CC(=O)NC1CCC(S)C(S)CC(N)C1)N(C)C(=O)CCCCCN1C(=O)C=CC1=O. The first-order chi connectivity index (χ1) is 18.5. The zero-order valence-corrected chi connectivity index (χ0v) is 24.7. The van der Waals surface area contributed by atoms with Crippen LogP contribution in [0.5, 0.6) is 0 Å². The summed E-state index contributed by atoms with van der Waals surface area (Å²) >= 11 is 9.18. The first-order valence-corrected chi connectivity index (χ1v) is 14.7. The van der Waals surface area contributed by atoms with E-state index in [0.717, 1.165) is 6.42 Å². The molecule has 2 aliphatic rings. The normalized spacial score (nSPS) is 24.2. The predicted octanol–water partition coefficient (Wildman–Crippen LogP) is 0.00740. The molecule has 5 N–H and O–H groups in total. The molecule has 0 aromatic carbocycles. The van der Waals surface area contributed by atoms with E-state index in [1.165, 1.54) is 29.0 Å². The van der Waals surface area contributed by atoms with Crippen molar-refractivity contribution in [3.63, 3.8) is 0 Å². The van der Waals surface area contributed by atoms with Crippen LogP contribution in [-0.2, 0) is 24.0 Å². The summed E-state index contributed by atoms with van der Waals surface area (Å²) in [5, 5.41) is 8.95. The van der Waals surface area contributed by atoms with Crippen molar-refractivity contribution in [3.8, 4) is 0 Å². The summed E-state index contributed by atoms with van der Waals surface area (Å²) in [7, 11) is 3.30. The Kier molecular flexibility index (Phi) is 14.3. The highest BCUT2D eigenvalue weighted by molar-refractivity contribution is 7.85. The lowest BCUT2D eigenvalue weighted by Gasteiger charge is -2.31. The van der Waals surface area contributed by atoms with E-state index in [-0.39, 0.29) is 59.1 Å². The lowest BCUT2D eigenvalue weighted by Crippen LogP contribution is -2.52. The average Bonchev–Trinajstić information content (AvgIpc) is 3.20. The van der Waals surface area contributed by atoms with Gasteiger partial charge >= 0.3 is 0 Å². The Hall–Kier alpha value is -2.09. The minimum absolute atomic E-state index is 0.0848. The van der Waals surface area contributed by atoms with Gasteiger partial charge < -0.3 is 26.6 Å². The highest BCUT2D eigenvalue weighted by atomic mass is 32.1. The number of hydrogen-bond donors (Lipinski definition) is 6. The fraction of sp³-hybridized carbons (Fsp3) is 0.731. The maximum absolute atomic E-state index is 13.0. The van der Waals surface area contributed by atoms with Crippen LogP contribution in [0.4, 0.5) is 0 Å². The first kappa shape index (κ1) is 33.1. The smallest absolute Gasteiger partial charge is 0.253 e. The summed E-state index contributed by atoms with van der Waals surface area (Å²) in [5.41, 5.74) is 6.25. The zero-order valence-electron chi connectivity index (χ0n) is 22.9. The number of imide groups is 1. The summed E-state index contributed by atoms with van der Waals surface area (Å²) < 4.78 is 0. The van der Waals surface area contributed by atoms with E-state index in [1.807, 2.05) is 0 Å². The fourth-order valence-electron chi connectivity index (χ4n) is 4.76. The van der Waals surface area contributed by atoms with Crippen molar-refractivity contribution in [3.05, 3.63) is 12.2 Å². The average molecular weight is 585 g/mol. The van der Waals surface area contributed by atoms with Crippen LogP contribution in [0.1, 0.15) is 57.8 Å². The monoisotopic (exact) mass is 584 g/mol. The van der Waals surface area contributed by atoms with Crippen LogP contribution >= 0.6 is 25.3 Å². The van der Waals surface area contributed by atoms with E-state index in [1.54, 1.807) is 7.05 Å². The molecule has 1 heterocycles. The molecule has 1 aliphatic heterocycles. The number of thiol groups is 2. The van der Waals surface area contributed by atoms with Crippen molar-refractivity contribution < 1.29 is 24.0 Å². The van der Waals surface area contributed by atoms with Crippen molar-refractivity contribution >= 4 is 54.8 Å². The Morgan fingerprint density at radius 2 is 1.74 bits per heavy atom. The molecule has 5 unspecified atom stereocenters. The lowest BCUT2D eigenvalue weighted by atomic mass is 9.92. The number of likely N-dealkylation sites (N-methyl/N-ethyl adjacent to an activating group) is 2. The second kappa shape index (κ2) is 16.9. The van der Waals surface area contributed by atoms with Gasteiger partial charge in [0, 0.05) is 67.8 Å². The number of rotatable bonds is 14. The van der Waals surface area contributed by atoms with Gasteiger partial charge in [-0.2, -0.15) is 25.3 Å². The molecular formula is C26H44N6O5S2. The second-order valence-electron chi connectivity index (χ2n) is 10.3. The molecule has 220 valence electrons. The van der Waals surface area contributed by atoms with E-state index in [0.29, 0.717) is 58.2 Å². The molecule has 5 atom stereocenters. The molecule has 0 aromatic heterocycles. The third-order valence-electron chi connectivity index (χ3n) is 7.14. The van der Waals surface area contributed by atoms with Gasteiger partial charge in [0.2, 0.25) is 17.7 Å². The molecule has 1 saturated carbocycles. The molecule has 11 nitrogen and oxygen atoms in total. The highest BCUT2D eigenvalue weighted by Crippen LogP contribution is 2.25. The highest BCUT2D eigenvalue weighted by Gasteiger charge is 2.31. The molecule has 1 fully saturated rings. The van der Waals surface area contributed by atoms with E-state index in [9.17, 15) is 24.0 Å². The van der Waals surface area contributed by atoms with Crippen LogP contribution in [0.25, 0.3) is 0 Å². The number of carbonyl (C=O) groups excluding carboxylic acids is 5. The molecule has 5 amide bonds. The van der Waals surface area contributed by atoms with Crippen LogP contribution in [-0.4, -0.2) is 102 Å². The number of nitrogens with two attached hydrogens (primary N) is 1. The molecule has 0 radical (unpaired) electrons. The van der Waals surface area contributed by atoms with Gasteiger partial charge in [-0.1, -0.05) is 6.42 Å². The van der Waals surface area contributed by atoms with Crippen molar-refractivity contribution in [2.24, 2.45) is 5.73 Å². The summed E-state index contributed by atoms with van der Waals surface area (Å²) in [6.45, 7) is 1.22. The molecule has 1 aliphatic carbocycles. The molecule has 0 aromatic rings. The van der Waals surface area contributed by atoms with E-state index in [4.69, 9.17) is 5.73 Å². The number of carbonyl (C=O) groups is 5. The fourth-order valence-corrected chi connectivity index (χ4v) is 5.45. The van der Waals surface area contributed by atoms with Crippen molar-refractivity contribution in [1.82, 2.24) is 25.8 Å². The van der Waals surface area contributed by atoms with Crippen LogP contribution in [0.2, 0.25) is 0 Å². The van der Waals surface area contributed by atoms with Gasteiger partial charge in [0.25, 0.3) is 11.8 Å². The Morgan fingerprint density at radius 3 is 2.41 bits per heavy atom. The zero-order chi connectivity index (χ0) is 28.9. The standard InChI is InChI=1S/C26H44N6O5S2/c1-28-11-12-29-26(37)19(16-22(33)30-18-7-8-20(38)21(39)15-17(27)14-18)31(2)23(34)6-4-3-5-13-32-24(35)9-10-25(32)36/h9-10,17-21,28,38-39H,3-8,11-16,27H2,1-2H3,(H,29,37)(H,30,33). The van der Waals surface area contributed by atoms with Gasteiger partial charge in [-0.25, -0.2) is 0 Å². The van der Waals surface area contributed by atoms with Crippen molar-refractivity contribution in [1.29, 1.82) is 0 Å². The van der Waals surface area contributed by atoms with Gasteiger partial charge in [0.05, 0.1) is 6.42 Å². The minimum atomic E-state index is -0.957. The topological polar surface area (TPSA) is 154 Å². The van der Waals surface area contributed by atoms with Crippen molar-refractivity contribution in [2.75, 3.05) is 33.7 Å². The molecule has 0 spiro atoms. The van der Waals surface area contributed by atoms with Crippen LogP contribution in [0.15, 0.2) is 12.2 Å². The molecular weight excluding hydrogens is 540 g/mol. The van der Waals surface area contributed by atoms with Gasteiger partial charge in [-0.3, -0.25) is 28.9 Å². The maximum atomic E-state index is 13.0. The van der Waals surface area contributed by atoms with Crippen LogP contribution in [0, 0.1) is 0 Å². The van der Waals surface area contributed by atoms with Gasteiger partial charge in [0.15, 0.2) is 0 Å². The number of unbranched alkanes of at least 4 members (excludes halogenated alkanes) is 2. The number of amides is 5. The molecule has 13 heteroatoms. The lowest BCUT2D eigenvalue weighted by molar-refractivity contribution is -0.141. The van der Waals surface area contributed by atoms with Crippen LogP contribution < -0.4 is 21.7 Å². The third kappa shape index (κ3) is 11.1. The van der Waals surface area contributed by atoms with Gasteiger partial charge in [0.1, 0.15) is 6.04 Å². The van der Waals surface area contributed by atoms with E-state index in [2.05, 4.69) is 41.2 Å². The summed E-state index contributed by atoms with van der Waals surface area (Å²) in [5.74, 6) is -1.60. The predicted molar refractivity (Wildman–Crippen MR) is 156 cm³/mol. The maximum Gasteiger partial charge on any atom is 0.253 e. The Morgan fingerprint density at radius 1 is 1.05 bits per heavy atom. The molecule has 39 heavy (non-hydrogen) atoms. The van der Waals surface area contributed by atoms with Crippen LogP contribution in [0.3, 0.4) is 0 Å². The Labute approximate surface area is 242 Å². The molecule has 0 bridgehead atoms. The number of nitrogens with zero attached hydrogens (tertiary/aromatic N) is 2.